The van der Waals surface area contributed by atoms with E-state index >= 15 is 0 Å². The maximum absolute atomic E-state index is 12.3. The number of carbonyl (C=O) groups is 1. The molecule has 0 aromatic carbocycles. The first kappa shape index (κ1) is 16.7. The minimum absolute atomic E-state index is 0. The molecule has 5 nitrogen and oxygen atoms in total. The van der Waals surface area contributed by atoms with Gasteiger partial charge in [-0.3, -0.25) is 4.79 Å². The lowest BCUT2D eigenvalue weighted by atomic mass is 9.46. The topological polar surface area (TPSA) is 73.6 Å². The number of nitrogens with two attached hydrogens (primary N) is 1. The standard InChI is InChI=1S/C13H24N2O3.ClH/c1-12(2)10-9(5-4-7-18-10)13(12,14)11(16)15-6-8-17-3;/h9-10H,4-8,14H2,1-3H3,(H,15,16);1H. The molecule has 0 spiro atoms. The van der Waals surface area contributed by atoms with Crippen molar-refractivity contribution in [2.75, 3.05) is 26.9 Å². The number of nitrogens with one attached hydrogen (secondary N) is 1. The Morgan fingerprint density at radius 3 is 2.84 bits per heavy atom. The third kappa shape index (κ3) is 2.37. The summed E-state index contributed by atoms with van der Waals surface area (Å²) in [5.74, 6) is 0.0695. The Morgan fingerprint density at radius 1 is 1.53 bits per heavy atom. The van der Waals surface area contributed by atoms with Crippen molar-refractivity contribution in [1.82, 2.24) is 5.32 Å². The molecule has 0 radical (unpaired) electrons. The summed E-state index contributed by atoms with van der Waals surface area (Å²) in [5.41, 5.74) is 5.30. The summed E-state index contributed by atoms with van der Waals surface area (Å²) in [5, 5.41) is 2.87. The van der Waals surface area contributed by atoms with Gasteiger partial charge in [0.25, 0.3) is 0 Å². The number of carbonyl (C=O) groups excluding carboxylic acids is 1. The summed E-state index contributed by atoms with van der Waals surface area (Å²) in [6.45, 7) is 5.84. The summed E-state index contributed by atoms with van der Waals surface area (Å²) in [7, 11) is 1.61. The molecule has 6 heteroatoms. The Balaban J connectivity index is 0.00000180. The first-order valence-corrected chi connectivity index (χ1v) is 6.64. The number of hydrogen-bond acceptors (Lipinski definition) is 4. The van der Waals surface area contributed by atoms with Gasteiger partial charge in [-0.05, 0) is 12.8 Å². The zero-order valence-electron chi connectivity index (χ0n) is 11.9. The van der Waals surface area contributed by atoms with Crippen LogP contribution in [0.15, 0.2) is 0 Å². The lowest BCUT2D eigenvalue weighted by molar-refractivity contribution is -0.225. The van der Waals surface area contributed by atoms with Gasteiger partial charge in [-0.15, -0.1) is 12.4 Å². The van der Waals surface area contributed by atoms with E-state index in [4.69, 9.17) is 15.2 Å². The summed E-state index contributed by atoms with van der Waals surface area (Å²) in [6.07, 6.45) is 2.08. The highest BCUT2D eigenvalue weighted by Gasteiger charge is 2.70. The Morgan fingerprint density at radius 2 is 2.21 bits per heavy atom. The van der Waals surface area contributed by atoms with Gasteiger partial charge in [0.05, 0.1) is 12.7 Å². The zero-order chi connectivity index (χ0) is 13.4. The number of amides is 1. The first-order chi connectivity index (χ1) is 8.46. The Hall–Kier alpha value is -0.360. The van der Waals surface area contributed by atoms with Crippen LogP contribution in [0.4, 0.5) is 0 Å². The van der Waals surface area contributed by atoms with Crippen molar-refractivity contribution in [3.8, 4) is 0 Å². The smallest absolute Gasteiger partial charge is 0.241 e. The van der Waals surface area contributed by atoms with Crippen molar-refractivity contribution >= 4 is 18.3 Å². The number of fused-ring (bicyclic) bond motifs is 1. The monoisotopic (exact) mass is 292 g/mol. The van der Waals surface area contributed by atoms with Crippen molar-refractivity contribution in [1.29, 1.82) is 0 Å². The van der Waals surface area contributed by atoms with E-state index in [0.717, 1.165) is 19.4 Å². The molecular weight excluding hydrogens is 268 g/mol. The van der Waals surface area contributed by atoms with Crippen LogP contribution in [0.25, 0.3) is 0 Å². The van der Waals surface area contributed by atoms with Crippen LogP contribution in [0.5, 0.6) is 0 Å². The lowest BCUT2D eigenvalue weighted by Gasteiger charge is -2.65. The zero-order valence-corrected chi connectivity index (χ0v) is 12.7. The van der Waals surface area contributed by atoms with Crippen LogP contribution in [0.3, 0.4) is 0 Å². The second kappa shape index (κ2) is 5.95. The predicted octanol–water partition coefficient (Wildman–Crippen LogP) is 0.703. The van der Waals surface area contributed by atoms with Gasteiger partial charge in [-0.25, -0.2) is 0 Å². The fourth-order valence-electron chi connectivity index (χ4n) is 3.45. The highest BCUT2D eigenvalue weighted by Crippen LogP contribution is 2.57. The fourth-order valence-corrected chi connectivity index (χ4v) is 3.45. The SMILES string of the molecule is COCCNC(=O)C1(N)C2CCCOC2C1(C)C.Cl. The molecule has 1 aliphatic carbocycles. The number of rotatable bonds is 4. The second-order valence-corrected chi connectivity index (χ2v) is 5.88. The first-order valence-electron chi connectivity index (χ1n) is 6.64. The minimum Gasteiger partial charge on any atom is -0.383 e. The number of ether oxygens (including phenoxy) is 2. The molecule has 3 N–H and O–H groups in total. The molecule has 3 atom stereocenters. The van der Waals surface area contributed by atoms with Crippen LogP contribution >= 0.6 is 12.4 Å². The predicted molar refractivity (Wildman–Crippen MR) is 75.3 cm³/mol. The number of hydrogen-bond donors (Lipinski definition) is 2. The second-order valence-electron chi connectivity index (χ2n) is 5.88. The molecule has 0 aromatic rings. The van der Waals surface area contributed by atoms with Crippen LogP contribution in [-0.4, -0.2) is 44.4 Å². The van der Waals surface area contributed by atoms with Gasteiger partial charge in [0, 0.05) is 31.6 Å². The molecule has 1 amide bonds. The van der Waals surface area contributed by atoms with Gasteiger partial charge < -0.3 is 20.5 Å². The minimum atomic E-state index is -0.814. The molecule has 2 rings (SSSR count). The molecule has 3 unspecified atom stereocenters. The van der Waals surface area contributed by atoms with E-state index < -0.39 is 5.54 Å². The quantitative estimate of drug-likeness (QED) is 0.748. The highest BCUT2D eigenvalue weighted by molar-refractivity contribution is 5.89. The van der Waals surface area contributed by atoms with Gasteiger partial charge >= 0.3 is 0 Å². The summed E-state index contributed by atoms with van der Waals surface area (Å²) < 4.78 is 10.7. The fraction of sp³-hybridized carbons (Fsp3) is 0.923. The molecule has 112 valence electrons. The largest absolute Gasteiger partial charge is 0.383 e. The number of methoxy groups -OCH3 is 1. The summed E-state index contributed by atoms with van der Waals surface area (Å²) in [6, 6.07) is 0. The van der Waals surface area contributed by atoms with Crippen molar-refractivity contribution in [2.24, 2.45) is 17.1 Å². The van der Waals surface area contributed by atoms with E-state index in [1.807, 2.05) is 13.8 Å². The van der Waals surface area contributed by atoms with Gasteiger partial charge in [-0.2, -0.15) is 0 Å². The van der Waals surface area contributed by atoms with E-state index in [0.29, 0.717) is 13.2 Å². The van der Waals surface area contributed by atoms with Crippen molar-refractivity contribution in [3.63, 3.8) is 0 Å². The maximum atomic E-state index is 12.3. The third-order valence-corrected chi connectivity index (χ3v) is 4.65. The Bertz CT molecular complexity index is 338. The van der Waals surface area contributed by atoms with E-state index in [9.17, 15) is 4.79 Å². The molecule has 0 bridgehead atoms. The van der Waals surface area contributed by atoms with Crippen LogP contribution in [0.2, 0.25) is 0 Å². The van der Waals surface area contributed by atoms with Gasteiger partial charge in [0.15, 0.2) is 0 Å². The van der Waals surface area contributed by atoms with Crippen molar-refractivity contribution in [2.45, 2.75) is 38.3 Å². The normalized spacial score (nSPS) is 35.6. The van der Waals surface area contributed by atoms with E-state index in [-0.39, 0.29) is 35.8 Å². The van der Waals surface area contributed by atoms with Gasteiger partial charge in [0.1, 0.15) is 5.54 Å². The molecule has 1 saturated carbocycles. The summed E-state index contributed by atoms with van der Waals surface area (Å²) >= 11 is 0. The summed E-state index contributed by atoms with van der Waals surface area (Å²) in [4.78, 5) is 12.3. The molecule has 1 saturated heterocycles. The third-order valence-electron chi connectivity index (χ3n) is 4.65. The van der Waals surface area contributed by atoms with Crippen LogP contribution in [-0.2, 0) is 14.3 Å². The van der Waals surface area contributed by atoms with E-state index in [1.54, 1.807) is 7.11 Å². The Kier molecular flexibility index (Phi) is 5.23. The molecular formula is C13H25ClN2O3. The van der Waals surface area contributed by atoms with E-state index in [2.05, 4.69) is 5.32 Å². The van der Waals surface area contributed by atoms with Crippen LogP contribution in [0, 0.1) is 11.3 Å². The Labute approximate surface area is 121 Å². The number of halogens is 1. The van der Waals surface area contributed by atoms with Crippen LogP contribution in [0.1, 0.15) is 26.7 Å². The van der Waals surface area contributed by atoms with E-state index in [1.165, 1.54) is 0 Å². The highest BCUT2D eigenvalue weighted by atomic mass is 35.5. The molecule has 1 aliphatic heterocycles. The average Bonchev–Trinajstić information content (AvgIpc) is 2.37. The molecule has 19 heavy (non-hydrogen) atoms. The van der Waals surface area contributed by atoms with Crippen LogP contribution < -0.4 is 11.1 Å². The van der Waals surface area contributed by atoms with Gasteiger partial charge in [-0.1, -0.05) is 13.8 Å². The molecule has 2 aliphatic rings. The van der Waals surface area contributed by atoms with Crippen molar-refractivity contribution in [3.05, 3.63) is 0 Å². The van der Waals surface area contributed by atoms with Gasteiger partial charge in [0.2, 0.25) is 5.91 Å². The van der Waals surface area contributed by atoms with Crippen molar-refractivity contribution < 1.29 is 14.3 Å². The lowest BCUT2D eigenvalue weighted by Crippen LogP contribution is -2.82. The molecule has 0 aromatic heterocycles. The molecule has 1 heterocycles. The maximum Gasteiger partial charge on any atom is 0.241 e. The average molecular weight is 293 g/mol. The molecule has 2 fully saturated rings.